The summed E-state index contributed by atoms with van der Waals surface area (Å²) in [6.07, 6.45) is 1.72. The van der Waals surface area contributed by atoms with Gasteiger partial charge in [-0.25, -0.2) is 4.79 Å². The SMILES string of the molecule is CSCC[C@@H](NC(=O)OCC1c2ccccc2-c2ccccc21)C(=O)NCC(CC(=O)O)C(C)C. The lowest BCUT2D eigenvalue weighted by molar-refractivity contribution is -0.138. The number of ether oxygens (including phenoxy) is 1. The van der Waals surface area contributed by atoms with Crippen LogP contribution in [-0.4, -0.2) is 54.3 Å². The molecule has 0 heterocycles. The normalized spacial score (nSPS) is 14.1. The molecule has 3 N–H and O–H groups in total. The Balaban J connectivity index is 1.60. The van der Waals surface area contributed by atoms with Crippen molar-refractivity contribution in [3.63, 3.8) is 0 Å². The minimum atomic E-state index is -0.895. The second-order valence-corrected chi connectivity index (χ2v) is 10.1. The van der Waals surface area contributed by atoms with Crippen LogP contribution in [0.1, 0.15) is 43.7 Å². The van der Waals surface area contributed by atoms with Crippen molar-refractivity contribution in [1.29, 1.82) is 0 Å². The molecule has 1 aliphatic carbocycles. The molecule has 3 rings (SSSR count). The Morgan fingerprint density at radius 3 is 2.17 bits per heavy atom. The van der Waals surface area contributed by atoms with Gasteiger partial charge in [0.25, 0.3) is 0 Å². The van der Waals surface area contributed by atoms with E-state index in [2.05, 4.69) is 34.9 Å². The molecule has 0 bridgehead atoms. The van der Waals surface area contributed by atoms with Crippen LogP contribution in [0.5, 0.6) is 0 Å². The number of benzene rings is 2. The second kappa shape index (κ2) is 12.6. The number of amides is 2. The van der Waals surface area contributed by atoms with Gasteiger partial charge in [-0.3, -0.25) is 9.59 Å². The Morgan fingerprint density at radius 2 is 1.63 bits per heavy atom. The van der Waals surface area contributed by atoms with Crippen LogP contribution < -0.4 is 10.6 Å². The molecule has 1 aliphatic rings. The summed E-state index contributed by atoms with van der Waals surface area (Å²) in [4.78, 5) is 36.7. The van der Waals surface area contributed by atoms with Crippen LogP contribution >= 0.6 is 11.8 Å². The zero-order valence-electron chi connectivity index (χ0n) is 20.5. The standard InChI is InChI=1S/C27H34N2O5S/c1-17(2)18(14-25(30)31)15-28-26(32)24(12-13-35-3)29-27(33)34-16-23-21-10-6-4-8-19(21)20-9-5-7-11-22(20)23/h4-11,17-18,23-24H,12-16H2,1-3H3,(H,28,32)(H,29,33)(H,30,31)/t18?,24-/m1/s1. The fourth-order valence-electron chi connectivity index (χ4n) is 4.41. The Bertz CT molecular complexity index is 996. The highest BCUT2D eigenvalue weighted by Gasteiger charge is 2.30. The van der Waals surface area contributed by atoms with Crippen LogP contribution in [0, 0.1) is 11.8 Å². The van der Waals surface area contributed by atoms with E-state index in [1.807, 2.05) is 44.4 Å². The van der Waals surface area contributed by atoms with Crippen LogP contribution in [0.4, 0.5) is 4.79 Å². The molecule has 2 aromatic rings. The highest BCUT2D eigenvalue weighted by molar-refractivity contribution is 7.98. The number of carbonyl (C=O) groups is 3. The number of fused-ring (bicyclic) bond motifs is 3. The summed E-state index contributed by atoms with van der Waals surface area (Å²) in [5.74, 6) is -0.685. The molecule has 35 heavy (non-hydrogen) atoms. The molecule has 7 nitrogen and oxygen atoms in total. The number of nitrogens with one attached hydrogen (secondary N) is 2. The molecular formula is C27H34N2O5S. The van der Waals surface area contributed by atoms with E-state index in [1.165, 1.54) is 0 Å². The molecule has 0 aromatic heterocycles. The van der Waals surface area contributed by atoms with Crippen LogP contribution in [0.2, 0.25) is 0 Å². The Kier molecular flexibility index (Phi) is 9.60. The number of rotatable bonds is 12. The predicted molar refractivity (Wildman–Crippen MR) is 139 cm³/mol. The van der Waals surface area contributed by atoms with Gasteiger partial charge in [-0.2, -0.15) is 11.8 Å². The maximum atomic E-state index is 12.8. The van der Waals surface area contributed by atoms with Crippen LogP contribution in [-0.2, 0) is 14.3 Å². The average molecular weight is 499 g/mol. The maximum absolute atomic E-state index is 12.8. The van der Waals surface area contributed by atoms with E-state index in [9.17, 15) is 14.4 Å². The molecule has 8 heteroatoms. The van der Waals surface area contributed by atoms with Crippen LogP contribution in [0.15, 0.2) is 48.5 Å². The lowest BCUT2D eigenvalue weighted by atomic mass is 9.92. The van der Waals surface area contributed by atoms with Gasteiger partial charge in [0.1, 0.15) is 12.6 Å². The third kappa shape index (κ3) is 7.01. The van der Waals surface area contributed by atoms with Crippen LogP contribution in [0.3, 0.4) is 0 Å². The zero-order valence-corrected chi connectivity index (χ0v) is 21.3. The van der Waals surface area contributed by atoms with E-state index in [-0.39, 0.29) is 43.2 Å². The summed E-state index contributed by atoms with van der Waals surface area (Å²) in [5.41, 5.74) is 4.54. The summed E-state index contributed by atoms with van der Waals surface area (Å²) < 4.78 is 5.60. The Labute approximate surface area is 211 Å². The number of hydrogen-bond acceptors (Lipinski definition) is 5. The summed E-state index contributed by atoms with van der Waals surface area (Å²) in [5, 5.41) is 14.7. The Morgan fingerprint density at radius 1 is 1.03 bits per heavy atom. The largest absolute Gasteiger partial charge is 0.481 e. The molecule has 2 atom stereocenters. The van der Waals surface area contributed by atoms with E-state index in [0.29, 0.717) is 12.2 Å². The molecule has 0 fully saturated rings. The van der Waals surface area contributed by atoms with Gasteiger partial charge in [0, 0.05) is 12.5 Å². The summed E-state index contributed by atoms with van der Waals surface area (Å²) in [6.45, 7) is 4.27. The van der Waals surface area contributed by atoms with Crippen molar-refractivity contribution in [2.24, 2.45) is 11.8 Å². The summed E-state index contributed by atoms with van der Waals surface area (Å²) in [6, 6.07) is 15.5. The molecule has 0 saturated heterocycles. The monoisotopic (exact) mass is 498 g/mol. The first kappa shape index (κ1) is 26.6. The summed E-state index contributed by atoms with van der Waals surface area (Å²) >= 11 is 1.58. The quantitative estimate of drug-likeness (QED) is 0.398. The van der Waals surface area contributed by atoms with Gasteiger partial charge >= 0.3 is 12.1 Å². The smallest absolute Gasteiger partial charge is 0.407 e. The van der Waals surface area contributed by atoms with E-state index < -0.39 is 18.1 Å². The molecule has 0 aliphatic heterocycles. The molecule has 0 saturated carbocycles. The average Bonchev–Trinajstić information content (AvgIpc) is 3.16. The van der Waals surface area contributed by atoms with Crippen molar-refractivity contribution in [2.75, 3.05) is 25.2 Å². The maximum Gasteiger partial charge on any atom is 0.407 e. The predicted octanol–water partition coefficient (Wildman–Crippen LogP) is 4.51. The molecular weight excluding hydrogens is 464 g/mol. The fourth-order valence-corrected chi connectivity index (χ4v) is 4.88. The van der Waals surface area contributed by atoms with Crippen molar-refractivity contribution in [1.82, 2.24) is 10.6 Å². The van der Waals surface area contributed by atoms with Crippen molar-refractivity contribution in [3.8, 4) is 11.1 Å². The van der Waals surface area contributed by atoms with Gasteiger partial charge in [-0.05, 0) is 52.5 Å². The second-order valence-electron chi connectivity index (χ2n) is 9.15. The van der Waals surface area contributed by atoms with Gasteiger partial charge in [0.05, 0.1) is 6.42 Å². The van der Waals surface area contributed by atoms with Crippen molar-refractivity contribution in [2.45, 2.75) is 38.6 Å². The lowest BCUT2D eigenvalue weighted by Gasteiger charge is -2.23. The molecule has 0 spiro atoms. The topological polar surface area (TPSA) is 105 Å². The zero-order chi connectivity index (χ0) is 25.4. The van der Waals surface area contributed by atoms with Crippen molar-refractivity contribution in [3.05, 3.63) is 59.7 Å². The van der Waals surface area contributed by atoms with Crippen molar-refractivity contribution < 1.29 is 24.2 Å². The Hall–Kier alpha value is -3.00. The van der Waals surface area contributed by atoms with E-state index >= 15 is 0 Å². The lowest BCUT2D eigenvalue weighted by Crippen LogP contribution is -2.48. The van der Waals surface area contributed by atoms with E-state index in [0.717, 1.165) is 22.3 Å². The minimum Gasteiger partial charge on any atom is -0.481 e. The molecule has 0 radical (unpaired) electrons. The van der Waals surface area contributed by atoms with E-state index in [1.54, 1.807) is 11.8 Å². The van der Waals surface area contributed by atoms with Gasteiger partial charge in [0.2, 0.25) is 5.91 Å². The molecule has 1 unspecified atom stereocenters. The van der Waals surface area contributed by atoms with E-state index in [4.69, 9.17) is 9.84 Å². The number of alkyl carbamates (subject to hydrolysis) is 1. The third-order valence-electron chi connectivity index (χ3n) is 6.48. The first-order valence-electron chi connectivity index (χ1n) is 11.9. The molecule has 2 amide bonds. The molecule has 188 valence electrons. The highest BCUT2D eigenvalue weighted by Crippen LogP contribution is 2.44. The van der Waals surface area contributed by atoms with Crippen molar-refractivity contribution >= 4 is 29.7 Å². The van der Waals surface area contributed by atoms with Gasteiger partial charge in [-0.15, -0.1) is 0 Å². The minimum absolute atomic E-state index is 0.0206. The van der Waals surface area contributed by atoms with Gasteiger partial charge in [0.15, 0.2) is 0 Å². The van der Waals surface area contributed by atoms with Gasteiger partial charge in [-0.1, -0.05) is 62.4 Å². The molecule has 2 aromatic carbocycles. The van der Waals surface area contributed by atoms with Crippen LogP contribution in [0.25, 0.3) is 11.1 Å². The highest BCUT2D eigenvalue weighted by atomic mass is 32.2. The third-order valence-corrected chi connectivity index (χ3v) is 7.12. The summed E-state index contributed by atoms with van der Waals surface area (Å²) in [7, 11) is 0. The number of aliphatic carboxylic acids is 1. The number of carbonyl (C=O) groups excluding carboxylic acids is 2. The number of carboxylic acids is 1. The fraction of sp³-hybridized carbons (Fsp3) is 0.444. The first-order valence-corrected chi connectivity index (χ1v) is 13.3. The van der Waals surface area contributed by atoms with Gasteiger partial charge < -0.3 is 20.5 Å². The number of hydrogen-bond donors (Lipinski definition) is 3. The number of carboxylic acid groups (broad SMARTS) is 1. The first-order chi connectivity index (χ1) is 16.8. The number of thioether (sulfide) groups is 1.